The molecule has 0 bridgehead atoms. The first-order valence-electron chi connectivity index (χ1n) is 1.50. The Morgan fingerprint density at radius 3 is 3.00 bits per heavy atom. The lowest BCUT2D eigenvalue weighted by Crippen LogP contribution is -2.13. The van der Waals surface area contributed by atoms with Crippen LogP contribution in [0.3, 0.4) is 0 Å². The number of thiol groups is 1. The lowest BCUT2D eigenvalue weighted by atomic mass is 11.2. The van der Waals surface area contributed by atoms with Gasteiger partial charge in [0.25, 0.3) is 0 Å². The average molecular weight is 104 g/mol. The molecule has 0 aromatic rings. The number of rotatable bonds is 0. The van der Waals surface area contributed by atoms with Crippen LogP contribution in [0.5, 0.6) is 0 Å². The Morgan fingerprint density at radius 2 is 2.83 bits per heavy atom. The Kier molecular flexibility index (Phi) is 0.979. The zero-order valence-corrected chi connectivity index (χ0v) is 3.85. The van der Waals surface area contributed by atoms with Crippen molar-refractivity contribution in [1.29, 1.82) is 0 Å². The first kappa shape index (κ1) is 3.95. The van der Waals surface area contributed by atoms with Crippen LogP contribution in [-0.2, 0) is 4.84 Å². The molecule has 0 radical (unpaired) electrons. The molecule has 1 N–H and O–H groups in total. The molecule has 1 rings (SSSR count). The second-order valence-corrected chi connectivity index (χ2v) is 1.35. The monoisotopic (exact) mass is 104 g/mol. The lowest BCUT2D eigenvalue weighted by molar-refractivity contribution is 0.216. The van der Waals surface area contributed by atoms with Gasteiger partial charge in [0, 0.05) is 0 Å². The molecule has 1 atom stereocenters. The van der Waals surface area contributed by atoms with E-state index in [4.69, 9.17) is 0 Å². The molecule has 0 aromatic carbocycles. The highest BCUT2D eigenvalue weighted by molar-refractivity contribution is 7.80. The van der Waals surface area contributed by atoms with Crippen molar-refractivity contribution in [3.05, 3.63) is 0 Å². The molecule has 0 saturated carbocycles. The van der Waals surface area contributed by atoms with E-state index in [-0.39, 0.29) is 5.50 Å². The molecule has 4 heteroatoms. The van der Waals surface area contributed by atoms with Gasteiger partial charge in [0.2, 0.25) is 0 Å². The number of hydrogen-bond donors (Lipinski definition) is 2. The van der Waals surface area contributed by atoms with Crippen LogP contribution in [0.15, 0.2) is 4.99 Å². The molecule has 3 nitrogen and oxygen atoms in total. The van der Waals surface area contributed by atoms with Crippen LogP contribution in [0.4, 0.5) is 0 Å². The molecule has 0 amide bonds. The summed E-state index contributed by atoms with van der Waals surface area (Å²) in [6.07, 6.45) is 1.32. The smallest absolute Gasteiger partial charge is 0.199 e. The Bertz CT molecular complexity index is 73.9. The quantitative estimate of drug-likeness (QED) is 0.416. The number of hydroxylamine groups is 1. The Hall–Kier alpha value is -0.220. The third-order valence-electron chi connectivity index (χ3n) is 0.428. The van der Waals surface area contributed by atoms with Gasteiger partial charge in [-0.3, -0.25) is 0 Å². The van der Waals surface area contributed by atoms with Gasteiger partial charge in [-0.25, -0.2) is 4.99 Å². The number of aliphatic imine (C=N–C) groups is 1. The summed E-state index contributed by atoms with van der Waals surface area (Å²) in [5, 5.41) is 0. The summed E-state index contributed by atoms with van der Waals surface area (Å²) < 4.78 is 0. The molecule has 1 unspecified atom stereocenters. The largest absolute Gasteiger partial charge is 0.394 e. The van der Waals surface area contributed by atoms with E-state index < -0.39 is 0 Å². The minimum absolute atomic E-state index is 0.162. The maximum atomic E-state index is 4.44. The first-order chi connectivity index (χ1) is 2.89. The zero-order chi connectivity index (χ0) is 4.41. The molecular formula is C2H4N2OS. The van der Waals surface area contributed by atoms with Crippen LogP contribution in [0.25, 0.3) is 0 Å². The van der Waals surface area contributed by atoms with Gasteiger partial charge < -0.3 is 4.84 Å². The van der Waals surface area contributed by atoms with Crippen LogP contribution in [-0.4, -0.2) is 11.9 Å². The SMILES string of the molecule is SC1N=CON1. The van der Waals surface area contributed by atoms with Crippen molar-refractivity contribution >= 4 is 19.0 Å². The van der Waals surface area contributed by atoms with Crippen molar-refractivity contribution in [3.63, 3.8) is 0 Å². The number of hydrogen-bond acceptors (Lipinski definition) is 4. The molecule has 0 aromatic heterocycles. The topological polar surface area (TPSA) is 33.6 Å². The molecule has 34 valence electrons. The average Bonchev–Trinajstić information content (AvgIpc) is 1.86. The highest BCUT2D eigenvalue weighted by atomic mass is 32.1. The molecule has 0 spiro atoms. The standard InChI is InChI=1S/C2H4N2OS/c6-2-3-1-5-4-2/h1-2,4,6H. The molecular weight excluding hydrogens is 100 g/mol. The van der Waals surface area contributed by atoms with Crippen molar-refractivity contribution in [2.45, 2.75) is 5.50 Å². The van der Waals surface area contributed by atoms with Crippen molar-refractivity contribution in [2.24, 2.45) is 4.99 Å². The molecule has 0 fully saturated rings. The normalized spacial score (nSPS) is 30.5. The maximum absolute atomic E-state index is 4.44. The van der Waals surface area contributed by atoms with Crippen LogP contribution >= 0.6 is 12.6 Å². The number of nitrogens with zero attached hydrogens (tertiary/aromatic N) is 1. The van der Waals surface area contributed by atoms with Gasteiger partial charge >= 0.3 is 0 Å². The molecule has 1 aliphatic heterocycles. The van der Waals surface area contributed by atoms with Crippen LogP contribution < -0.4 is 5.48 Å². The fourth-order valence-corrected chi connectivity index (χ4v) is 0.325. The van der Waals surface area contributed by atoms with E-state index in [0.717, 1.165) is 0 Å². The molecule has 1 aliphatic rings. The summed E-state index contributed by atoms with van der Waals surface area (Å²) in [6.45, 7) is 0. The van der Waals surface area contributed by atoms with Gasteiger partial charge in [-0.05, 0) is 0 Å². The van der Waals surface area contributed by atoms with Gasteiger partial charge in [-0.1, -0.05) is 0 Å². The van der Waals surface area contributed by atoms with E-state index in [1.54, 1.807) is 0 Å². The van der Waals surface area contributed by atoms with Crippen LogP contribution in [0.2, 0.25) is 0 Å². The molecule has 0 aliphatic carbocycles. The second-order valence-electron chi connectivity index (χ2n) is 0.864. The Balaban J connectivity index is 2.38. The predicted octanol–water partition coefficient (Wildman–Crippen LogP) is -0.237. The Morgan fingerprint density at radius 1 is 2.00 bits per heavy atom. The minimum Gasteiger partial charge on any atom is -0.394 e. The fourth-order valence-electron chi connectivity index (χ4n) is 0.210. The predicted molar refractivity (Wildman–Crippen MR) is 25.5 cm³/mol. The lowest BCUT2D eigenvalue weighted by Gasteiger charge is -1.91. The summed E-state index contributed by atoms with van der Waals surface area (Å²) in [7, 11) is 0. The van der Waals surface area contributed by atoms with E-state index in [2.05, 4.69) is 27.9 Å². The maximum Gasteiger partial charge on any atom is 0.199 e. The number of nitrogens with one attached hydrogen (secondary N) is 1. The highest BCUT2D eigenvalue weighted by Gasteiger charge is 2.00. The summed E-state index contributed by atoms with van der Waals surface area (Å²) in [5.41, 5.74) is 2.30. The van der Waals surface area contributed by atoms with E-state index in [9.17, 15) is 0 Å². The van der Waals surface area contributed by atoms with Gasteiger partial charge in [0.05, 0.1) is 0 Å². The van der Waals surface area contributed by atoms with Gasteiger partial charge in [-0.15, -0.1) is 18.1 Å². The van der Waals surface area contributed by atoms with Gasteiger partial charge in [0.1, 0.15) is 0 Å². The Labute approximate surface area is 40.8 Å². The van der Waals surface area contributed by atoms with Crippen molar-refractivity contribution in [3.8, 4) is 0 Å². The fraction of sp³-hybridized carbons (Fsp3) is 0.500. The van der Waals surface area contributed by atoms with E-state index in [1.807, 2.05) is 0 Å². The van der Waals surface area contributed by atoms with E-state index in [0.29, 0.717) is 0 Å². The van der Waals surface area contributed by atoms with E-state index in [1.165, 1.54) is 6.40 Å². The molecule has 6 heavy (non-hydrogen) atoms. The molecule has 1 heterocycles. The third kappa shape index (κ3) is 0.636. The third-order valence-corrected chi connectivity index (χ3v) is 0.667. The van der Waals surface area contributed by atoms with Crippen molar-refractivity contribution in [2.75, 3.05) is 0 Å². The van der Waals surface area contributed by atoms with E-state index >= 15 is 0 Å². The zero-order valence-electron chi connectivity index (χ0n) is 2.96. The first-order valence-corrected chi connectivity index (χ1v) is 2.02. The summed E-state index contributed by atoms with van der Waals surface area (Å²) >= 11 is 3.86. The van der Waals surface area contributed by atoms with Crippen LogP contribution in [0, 0.1) is 0 Å². The van der Waals surface area contributed by atoms with Gasteiger partial charge in [0.15, 0.2) is 11.9 Å². The van der Waals surface area contributed by atoms with Gasteiger partial charge in [-0.2, -0.15) is 0 Å². The summed E-state index contributed by atoms with van der Waals surface area (Å²) in [5.74, 6) is 0. The minimum atomic E-state index is -0.162. The second kappa shape index (κ2) is 1.49. The van der Waals surface area contributed by atoms with Crippen LogP contribution in [0.1, 0.15) is 0 Å². The summed E-state index contributed by atoms with van der Waals surface area (Å²) in [4.78, 5) is 8.08. The molecule has 0 saturated heterocycles. The summed E-state index contributed by atoms with van der Waals surface area (Å²) in [6, 6.07) is 0. The highest BCUT2D eigenvalue weighted by Crippen LogP contribution is 1.93. The van der Waals surface area contributed by atoms with Crippen molar-refractivity contribution in [1.82, 2.24) is 5.48 Å². The van der Waals surface area contributed by atoms with Crippen molar-refractivity contribution < 1.29 is 4.84 Å².